The largest absolute Gasteiger partial charge is 0.875 e. The molecule has 0 saturated carbocycles. The summed E-state index contributed by atoms with van der Waals surface area (Å²) in [6.07, 6.45) is 14.6. The molecule has 0 N–H and O–H groups in total. The second-order valence-corrected chi connectivity index (χ2v) is 9.05. The van der Waals surface area contributed by atoms with E-state index in [2.05, 4.69) is 55.2 Å². The van der Waals surface area contributed by atoms with Crippen molar-refractivity contribution in [2.24, 2.45) is 0 Å². The Hall–Kier alpha value is -2.81. The molecule has 0 amide bonds. The van der Waals surface area contributed by atoms with E-state index in [0.717, 1.165) is 24.2 Å². The number of Topliss-reactive ketones (excluding diaryl/α,β-unsaturated/α-hetero) is 1. The van der Waals surface area contributed by atoms with Gasteiger partial charge in [-0.05, 0) is 41.7 Å². The smallest absolute Gasteiger partial charge is 0.165 e. The Balaban J connectivity index is 1.59. The lowest BCUT2D eigenvalue weighted by Gasteiger charge is -2.27. The zero-order valence-corrected chi connectivity index (χ0v) is 20.3. The third kappa shape index (κ3) is 7.35. The molecule has 0 spiro atoms. The maximum absolute atomic E-state index is 11.6. The van der Waals surface area contributed by atoms with Gasteiger partial charge in [0.25, 0.3) is 0 Å². The number of ketones is 1. The first-order chi connectivity index (χ1) is 16.1. The van der Waals surface area contributed by atoms with Gasteiger partial charge in [0, 0.05) is 30.8 Å². The molecule has 0 aliphatic heterocycles. The van der Waals surface area contributed by atoms with Gasteiger partial charge in [0.2, 0.25) is 0 Å². The van der Waals surface area contributed by atoms with Crippen molar-refractivity contribution in [3.63, 3.8) is 0 Å². The normalized spacial score (nSPS) is 13.6. The van der Waals surface area contributed by atoms with Gasteiger partial charge < -0.3 is 10.0 Å². The third-order valence-electron chi connectivity index (χ3n) is 6.37. The molecule has 0 aromatic heterocycles. The number of benzene rings is 2. The fourth-order valence-corrected chi connectivity index (χ4v) is 4.27. The number of carbonyl (C=O) groups excluding carboxylic acids is 1. The van der Waals surface area contributed by atoms with Crippen molar-refractivity contribution in [2.45, 2.75) is 71.6 Å². The molecule has 0 unspecified atom stereocenters. The van der Waals surface area contributed by atoms with Crippen molar-refractivity contribution in [2.75, 3.05) is 18.0 Å². The Morgan fingerprint density at radius 2 is 1.27 bits per heavy atom. The van der Waals surface area contributed by atoms with Crippen molar-refractivity contribution < 1.29 is 9.90 Å². The first kappa shape index (κ1) is 24.8. The highest BCUT2D eigenvalue weighted by atomic mass is 16.3. The summed E-state index contributed by atoms with van der Waals surface area (Å²) in [6, 6.07) is 16.5. The highest BCUT2D eigenvalue weighted by molar-refractivity contribution is 6.28. The van der Waals surface area contributed by atoms with Crippen LogP contribution in [-0.4, -0.2) is 18.9 Å². The lowest BCUT2D eigenvalue weighted by atomic mass is 9.88. The zero-order chi connectivity index (χ0) is 23.5. The summed E-state index contributed by atoms with van der Waals surface area (Å²) >= 11 is 0. The van der Waals surface area contributed by atoms with Crippen molar-refractivity contribution in [3.8, 4) is 0 Å². The van der Waals surface area contributed by atoms with Crippen LogP contribution in [0.25, 0.3) is 17.7 Å². The molecule has 1 aliphatic rings. The van der Waals surface area contributed by atoms with Crippen LogP contribution < -0.4 is 10.0 Å². The summed E-state index contributed by atoms with van der Waals surface area (Å²) in [5.41, 5.74) is 4.62. The van der Waals surface area contributed by atoms with Crippen molar-refractivity contribution in [1.82, 2.24) is 0 Å². The van der Waals surface area contributed by atoms with Crippen molar-refractivity contribution in [3.05, 3.63) is 71.0 Å². The second-order valence-electron chi connectivity index (χ2n) is 9.05. The molecule has 1 aliphatic carbocycles. The minimum absolute atomic E-state index is 0.0480. The minimum atomic E-state index is -0.0480. The monoisotopic (exact) mass is 444 g/mol. The molecule has 0 radical (unpaired) electrons. The fraction of sp³-hybridized carbons (Fsp3) is 0.433. The van der Waals surface area contributed by atoms with Crippen LogP contribution >= 0.6 is 0 Å². The average Bonchev–Trinajstić information content (AvgIpc) is 2.83. The lowest BCUT2D eigenvalue weighted by molar-refractivity contribution is -0.306. The Morgan fingerprint density at radius 1 is 0.758 bits per heavy atom. The van der Waals surface area contributed by atoms with Gasteiger partial charge in [-0.25, -0.2) is 0 Å². The number of nitrogens with zero attached hydrogens (tertiary/aromatic N) is 1. The van der Waals surface area contributed by atoms with E-state index in [1.54, 1.807) is 0 Å². The number of carbonyl (C=O) groups is 1. The first-order valence-corrected chi connectivity index (χ1v) is 12.7. The average molecular weight is 445 g/mol. The van der Waals surface area contributed by atoms with Gasteiger partial charge in [0.05, 0.1) is 0 Å². The number of anilines is 1. The van der Waals surface area contributed by atoms with E-state index in [0.29, 0.717) is 5.57 Å². The molecule has 3 rings (SSSR count). The zero-order valence-electron chi connectivity index (χ0n) is 20.3. The van der Waals surface area contributed by atoms with Crippen molar-refractivity contribution in [1.29, 1.82) is 0 Å². The van der Waals surface area contributed by atoms with Gasteiger partial charge in [-0.3, -0.25) is 4.79 Å². The number of hydrogen-bond acceptors (Lipinski definition) is 3. The van der Waals surface area contributed by atoms with Crippen LogP contribution in [0.5, 0.6) is 0 Å². The van der Waals surface area contributed by atoms with Gasteiger partial charge in [-0.2, -0.15) is 0 Å². The summed E-state index contributed by atoms with van der Waals surface area (Å²) in [7, 11) is 0. The van der Waals surface area contributed by atoms with Gasteiger partial charge in [0.1, 0.15) is 0 Å². The predicted octanol–water partition coefficient (Wildman–Crippen LogP) is 6.87. The summed E-state index contributed by atoms with van der Waals surface area (Å²) in [4.78, 5) is 14.2. The van der Waals surface area contributed by atoms with E-state index in [-0.39, 0.29) is 18.0 Å². The maximum Gasteiger partial charge on any atom is 0.165 e. The molecular weight excluding hydrogens is 406 g/mol. The lowest BCUT2D eigenvalue weighted by Crippen LogP contribution is -2.25. The second kappa shape index (κ2) is 13.0. The third-order valence-corrected chi connectivity index (χ3v) is 6.37. The van der Waals surface area contributed by atoms with Crippen LogP contribution in [0.1, 0.15) is 88.3 Å². The van der Waals surface area contributed by atoms with Crippen molar-refractivity contribution >= 4 is 29.2 Å². The molecule has 0 heterocycles. The van der Waals surface area contributed by atoms with E-state index in [1.165, 1.54) is 62.6 Å². The standard InChI is InChI=1S/C30H39NO2/c1-3-5-7-9-21-31(22-10-8-6-4-2)27-19-15-25(16-20-27)12-11-24-13-17-26(18-14-24)30-28(32)23-29(30)33/h11-20,32H,3-10,21-23H2,1-2H3/p-1/b12-11+. The summed E-state index contributed by atoms with van der Waals surface area (Å²) in [5.74, 6) is -0.0960. The molecule has 33 heavy (non-hydrogen) atoms. The Kier molecular flexibility index (Phi) is 9.80. The summed E-state index contributed by atoms with van der Waals surface area (Å²) in [6.45, 7) is 6.80. The highest BCUT2D eigenvalue weighted by Gasteiger charge is 2.21. The topological polar surface area (TPSA) is 43.4 Å². The van der Waals surface area contributed by atoms with E-state index >= 15 is 0 Å². The molecule has 176 valence electrons. The van der Waals surface area contributed by atoms with Gasteiger partial charge >= 0.3 is 0 Å². The molecule has 3 heteroatoms. The molecule has 0 bridgehead atoms. The number of rotatable bonds is 14. The van der Waals surface area contributed by atoms with E-state index in [4.69, 9.17) is 0 Å². The van der Waals surface area contributed by atoms with Crippen LogP contribution in [0.3, 0.4) is 0 Å². The van der Waals surface area contributed by atoms with Gasteiger partial charge in [0.15, 0.2) is 5.78 Å². The molecule has 0 atom stereocenters. The molecular formula is C30H38NO2-. The first-order valence-electron chi connectivity index (χ1n) is 12.7. The highest BCUT2D eigenvalue weighted by Crippen LogP contribution is 2.29. The van der Waals surface area contributed by atoms with Crippen LogP contribution in [0.15, 0.2) is 54.3 Å². The van der Waals surface area contributed by atoms with Gasteiger partial charge in [-0.15, -0.1) is 5.76 Å². The predicted molar refractivity (Wildman–Crippen MR) is 139 cm³/mol. The van der Waals surface area contributed by atoms with Crippen LogP contribution in [0, 0.1) is 0 Å². The van der Waals surface area contributed by atoms with E-state index in [1.807, 2.05) is 24.3 Å². The van der Waals surface area contributed by atoms with Crippen LogP contribution in [0.2, 0.25) is 0 Å². The quantitative estimate of drug-likeness (QED) is 0.236. The molecule has 2 aromatic rings. The SMILES string of the molecule is CCCCCCN(CCCCCC)c1ccc(/C=C/c2ccc(C3=C([O-])CC3=O)cc2)cc1. The summed E-state index contributed by atoms with van der Waals surface area (Å²) < 4.78 is 0. The molecule has 0 saturated heterocycles. The number of allylic oxidation sites excluding steroid dienone is 2. The summed E-state index contributed by atoms with van der Waals surface area (Å²) in [5, 5.41) is 11.6. The van der Waals surface area contributed by atoms with Crippen LogP contribution in [0.4, 0.5) is 5.69 Å². The molecule has 0 fully saturated rings. The molecule has 3 nitrogen and oxygen atoms in total. The Labute approximate surface area is 199 Å². The number of hydrogen-bond donors (Lipinski definition) is 0. The molecule has 2 aromatic carbocycles. The number of unbranched alkanes of at least 4 members (excludes halogenated alkanes) is 6. The Bertz CT molecular complexity index is 926. The fourth-order valence-electron chi connectivity index (χ4n) is 4.27. The van der Waals surface area contributed by atoms with Crippen LogP contribution in [-0.2, 0) is 4.79 Å². The van der Waals surface area contributed by atoms with E-state index in [9.17, 15) is 9.90 Å². The maximum atomic E-state index is 11.6. The Morgan fingerprint density at radius 3 is 1.73 bits per heavy atom. The van der Waals surface area contributed by atoms with Gasteiger partial charge in [-0.1, -0.05) is 101 Å². The minimum Gasteiger partial charge on any atom is -0.875 e. The van der Waals surface area contributed by atoms with E-state index < -0.39 is 0 Å².